The van der Waals surface area contributed by atoms with Gasteiger partial charge in [0.15, 0.2) is 25.2 Å². The molecule has 1 spiro atoms. The summed E-state index contributed by atoms with van der Waals surface area (Å²) >= 11 is 0. The van der Waals surface area contributed by atoms with Crippen LogP contribution < -0.4 is 0 Å². The van der Waals surface area contributed by atoms with E-state index in [0.717, 1.165) is 5.57 Å². The van der Waals surface area contributed by atoms with Crippen LogP contribution in [0.2, 0.25) is 0 Å². The molecule has 10 rings (SSSR count). The zero-order valence-corrected chi connectivity index (χ0v) is 42.1. The number of aliphatic hydroxyl groups excluding tert-OH is 14. The van der Waals surface area contributed by atoms with Gasteiger partial charge < -0.3 is 119 Å². The highest BCUT2D eigenvalue weighted by Gasteiger charge is 2.73. The Morgan fingerprint density at radius 3 is 1.95 bits per heavy atom. The summed E-state index contributed by atoms with van der Waals surface area (Å²) in [4.78, 5) is 0. The van der Waals surface area contributed by atoms with Crippen LogP contribution in [0.1, 0.15) is 73.1 Å². The van der Waals surface area contributed by atoms with E-state index in [4.69, 9.17) is 47.4 Å². The van der Waals surface area contributed by atoms with Gasteiger partial charge in [-0.15, -0.1) is 0 Å². The largest absolute Gasteiger partial charge is 0.467 e. The molecule has 5 saturated heterocycles. The van der Waals surface area contributed by atoms with E-state index in [2.05, 4.69) is 19.9 Å². The highest BCUT2D eigenvalue weighted by Crippen LogP contribution is 2.71. The molecule has 0 aromatic rings. The lowest BCUT2D eigenvalue weighted by Gasteiger charge is -2.61. The zero-order valence-electron chi connectivity index (χ0n) is 42.1. The van der Waals surface area contributed by atoms with Gasteiger partial charge in [0, 0.05) is 17.8 Å². The number of rotatable bonds is 10. The average molecular weight is 1060 g/mol. The highest BCUT2D eigenvalue weighted by molar-refractivity contribution is 5.29. The van der Waals surface area contributed by atoms with Gasteiger partial charge in [0.05, 0.1) is 62.5 Å². The van der Waals surface area contributed by atoms with E-state index in [0.29, 0.717) is 37.7 Å². The monoisotopic (exact) mass is 1060 g/mol. The molecule has 0 aromatic carbocycles. The van der Waals surface area contributed by atoms with Gasteiger partial charge in [-0.05, 0) is 81.6 Å². The third-order valence-electron chi connectivity index (χ3n) is 19.3. The van der Waals surface area contributed by atoms with Crippen molar-refractivity contribution in [2.45, 2.75) is 226 Å². The molecule has 6 heterocycles. The van der Waals surface area contributed by atoms with Crippen molar-refractivity contribution in [3.8, 4) is 0 Å². The molecular weight excluding hydrogens is 985 g/mol. The Morgan fingerprint density at radius 1 is 0.662 bits per heavy atom. The standard InChI is InChI=1S/C50H78O24/c1-17-15-66-50(43(64)40(17)71-45-38(62)35(59)31(55)18(2)67-45)25(13-51)30-27(74-50)12-24-22-7-6-20-10-21(53)11-29(49(20,5)23(22)8-9-48(24,30)4)70-47-42(73-46-39(63)36(60)32(56)19(3)68-46)41(34(58)28(14-52)69-47)72-44-37(61)33(57)26(54)16-65-44/h6,15,18-19,21-47,51-64H,7-14,16H2,1-5H3/t18-,19+,21-,22-,23+,24+,25+,26-,27+,28-,29-,30+,31+,32+,33+,34-,35+,36-,37-,38-,39-,40+,41+,42-,43+,44+,45+,46+,47+,48+,49+,50+/m1/s1. The summed E-state index contributed by atoms with van der Waals surface area (Å²) in [7, 11) is 0. The average Bonchev–Trinajstić information content (AvgIpc) is 3.86. The van der Waals surface area contributed by atoms with Crippen LogP contribution in [0.5, 0.6) is 0 Å². The lowest BCUT2D eigenvalue weighted by atomic mass is 9.46. The molecule has 10 aliphatic rings. The van der Waals surface area contributed by atoms with Crippen LogP contribution in [-0.2, 0) is 47.4 Å². The number of allylic oxidation sites excluding steroid dienone is 1. The second kappa shape index (κ2) is 20.8. The van der Waals surface area contributed by atoms with E-state index in [1.165, 1.54) is 20.1 Å². The van der Waals surface area contributed by atoms with Crippen LogP contribution in [0.4, 0.5) is 0 Å². The SMILES string of the molecule is CC1=CO[C@@]2(O[C@H]3C[C@H]4[C@@H]5CC=C6C[C@@H](O)C[C@@H](O[C@@H]7O[C@H](CO)[C@@H](O)[C@H](O[C@@H]8OC[C@@H](O)[C@H](O)[C@H]8O)[C@H]7O[C@@H]7O[C@@H](C)[C@H](O)[C@@H](O)[C@H]7O)[C@]6(C)[C@H]5CC[C@]4(C)[C@H]3[C@@H]2CO)[C@@H](O)[C@H]1O[C@@H]1O[C@H](C)[C@H](O)[C@H](O)[C@H]1O. The molecule has 0 aromatic heterocycles. The Hall–Kier alpha value is -1.64. The minimum atomic E-state index is -1.85. The second-order valence-corrected chi connectivity index (χ2v) is 23.3. The summed E-state index contributed by atoms with van der Waals surface area (Å²) in [5.74, 6) is -2.89. The lowest BCUT2D eigenvalue weighted by molar-refractivity contribution is -0.393. The molecule has 8 fully saturated rings. The zero-order chi connectivity index (χ0) is 53.2. The third kappa shape index (κ3) is 8.87. The molecule has 14 N–H and O–H groups in total. The number of aliphatic hydroxyl groups is 14. The fourth-order valence-corrected chi connectivity index (χ4v) is 15.1. The smallest absolute Gasteiger partial charge is 0.244 e. The molecule has 24 heteroatoms. The van der Waals surface area contributed by atoms with E-state index in [-0.39, 0.29) is 30.1 Å². The van der Waals surface area contributed by atoms with Crippen molar-refractivity contribution >= 4 is 0 Å². The minimum absolute atomic E-state index is 0.00628. The van der Waals surface area contributed by atoms with Gasteiger partial charge in [0.25, 0.3) is 0 Å². The first-order valence-corrected chi connectivity index (χ1v) is 26.3. The van der Waals surface area contributed by atoms with Crippen LogP contribution in [0.15, 0.2) is 23.5 Å². The van der Waals surface area contributed by atoms with Crippen LogP contribution in [0, 0.1) is 40.4 Å². The van der Waals surface area contributed by atoms with Gasteiger partial charge in [-0.25, -0.2) is 0 Å². The quantitative estimate of drug-likeness (QED) is 0.0924. The second-order valence-electron chi connectivity index (χ2n) is 23.3. The Kier molecular flexibility index (Phi) is 15.6. The summed E-state index contributed by atoms with van der Waals surface area (Å²) in [5, 5.41) is 153. The summed E-state index contributed by atoms with van der Waals surface area (Å²) in [6, 6.07) is 0. The van der Waals surface area contributed by atoms with Crippen LogP contribution >= 0.6 is 0 Å². The van der Waals surface area contributed by atoms with E-state index in [1.807, 2.05) is 0 Å². The van der Waals surface area contributed by atoms with Gasteiger partial charge in [-0.3, -0.25) is 0 Å². The highest BCUT2D eigenvalue weighted by atomic mass is 16.8. The van der Waals surface area contributed by atoms with Crippen LogP contribution in [0.3, 0.4) is 0 Å². The Morgan fingerprint density at radius 2 is 1.30 bits per heavy atom. The summed E-state index contributed by atoms with van der Waals surface area (Å²) in [5.41, 5.74) is 0.131. The third-order valence-corrected chi connectivity index (χ3v) is 19.3. The first-order chi connectivity index (χ1) is 35.0. The molecule has 0 radical (unpaired) electrons. The topological polar surface area (TPSA) is 376 Å². The molecule has 4 aliphatic carbocycles. The molecule has 3 saturated carbocycles. The van der Waals surface area contributed by atoms with Gasteiger partial charge >= 0.3 is 0 Å². The predicted octanol–water partition coefficient (Wildman–Crippen LogP) is -4.14. The van der Waals surface area contributed by atoms with E-state index in [1.54, 1.807) is 6.92 Å². The lowest BCUT2D eigenvalue weighted by Crippen LogP contribution is -2.67. The van der Waals surface area contributed by atoms with Gasteiger partial charge in [0.2, 0.25) is 5.79 Å². The minimum Gasteiger partial charge on any atom is -0.467 e. The normalized spacial score (nSPS) is 57.4. The first kappa shape index (κ1) is 55.7. The van der Waals surface area contributed by atoms with Crippen molar-refractivity contribution in [1.29, 1.82) is 0 Å². The molecule has 422 valence electrons. The maximum Gasteiger partial charge on any atom is 0.244 e. The van der Waals surface area contributed by atoms with E-state index < -0.39 is 190 Å². The fourth-order valence-electron chi connectivity index (χ4n) is 15.1. The summed E-state index contributed by atoms with van der Waals surface area (Å²) < 4.78 is 62.3. The molecular formula is C50H78O24. The Balaban J connectivity index is 0.924. The van der Waals surface area contributed by atoms with E-state index >= 15 is 0 Å². The molecule has 6 aliphatic heterocycles. The van der Waals surface area contributed by atoms with E-state index in [9.17, 15) is 71.5 Å². The van der Waals surface area contributed by atoms with Gasteiger partial charge in [-0.1, -0.05) is 25.5 Å². The number of hydrogen-bond acceptors (Lipinski definition) is 24. The molecule has 0 amide bonds. The van der Waals surface area contributed by atoms with Gasteiger partial charge in [-0.2, -0.15) is 0 Å². The number of fused-ring (bicyclic) bond motifs is 7. The molecule has 0 bridgehead atoms. The van der Waals surface area contributed by atoms with Crippen LogP contribution in [0.25, 0.3) is 0 Å². The maximum absolute atomic E-state index is 12.2. The number of ether oxygens (including phenoxy) is 10. The van der Waals surface area contributed by atoms with Crippen LogP contribution in [-0.4, -0.2) is 244 Å². The molecule has 32 atom stereocenters. The molecule has 24 nitrogen and oxygen atoms in total. The summed E-state index contributed by atoms with van der Waals surface area (Å²) in [6.07, 6.45) is -27.8. The molecule has 74 heavy (non-hydrogen) atoms. The fraction of sp³-hybridized carbons (Fsp3) is 0.920. The molecule has 0 unspecified atom stereocenters. The van der Waals surface area contributed by atoms with Crippen molar-refractivity contribution in [3.05, 3.63) is 23.5 Å². The number of hydrogen-bond donors (Lipinski definition) is 14. The predicted molar refractivity (Wildman–Crippen MR) is 245 cm³/mol. The Labute approximate surface area is 427 Å². The van der Waals surface area contributed by atoms with Crippen molar-refractivity contribution in [2.75, 3.05) is 19.8 Å². The van der Waals surface area contributed by atoms with Crippen molar-refractivity contribution in [3.63, 3.8) is 0 Å². The van der Waals surface area contributed by atoms with Crippen molar-refractivity contribution in [1.82, 2.24) is 0 Å². The maximum atomic E-state index is 12.2. The first-order valence-electron chi connectivity index (χ1n) is 26.3. The van der Waals surface area contributed by atoms with Crippen molar-refractivity contribution < 1.29 is 119 Å². The Bertz CT molecular complexity index is 2050. The summed E-state index contributed by atoms with van der Waals surface area (Å²) in [6.45, 7) is 7.26. The van der Waals surface area contributed by atoms with Gasteiger partial charge in [0.1, 0.15) is 91.6 Å². The van der Waals surface area contributed by atoms with Crippen molar-refractivity contribution in [2.24, 2.45) is 40.4 Å².